The molecule has 2 fully saturated rings. The summed E-state index contributed by atoms with van der Waals surface area (Å²) in [7, 11) is 0. The summed E-state index contributed by atoms with van der Waals surface area (Å²) in [5.74, 6) is 2.06. The van der Waals surface area contributed by atoms with Gasteiger partial charge in [0.25, 0.3) is 0 Å². The first-order chi connectivity index (χ1) is 8.21. The molecule has 0 spiro atoms. The van der Waals surface area contributed by atoms with Crippen molar-refractivity contribution in [3.05, 3.63) is 0 Å². The highest BCUT2D eigenvalue weighted by Crippen LogP contribution is 2.47. The van der Waals surface area contributed by atoms with Gasteiger partial charge >= 0.3 is 0 Å². The second-order valence-electron chi connectivity index (χ2n) is 6.53. The van der Waals surface area contributed by atoms with Crippen molar-refractivity contribution in [2.75, 3.05) is 0 Å². The van der Waals surface area contributed by atoms with Crippen LogP contribution in [0.1, 0.15) is 91.9 Å². The molecule has 0 radical (unpaired) electrons. The Morgan fingerprint density at radius 3 is 2.06 bits per heavy atom. The van der Waals surface area contributed by atoms with Gasteiger partial charge in [-0.2, -0.15) is 0 Å². The van der Waals surface area contributed by atoms with E-state index in [0.29, 0.717) is 5.41 Å². The van der Waals surface area contributed by atoms with Gasteiger partial charge in [-0.15, -0.1) is 0 Å². The van der Waals surface area contributed by atoms with Crippen LogP contribution in [0.3, 0.4) is 0 Å². The van der Waals surface area contributed by atoms with Crippen LogP contribution < -0.4 is 0 Å². The molecule has 17 heavy (non-hydrogen) atoms. The first-order valence-corrected chi connectivity index (χ1v) is 8.21. The molecule has 102 valence electrons. The van der Waals surface area contributed by atoms with Crippen molar-refractivity contribution in [3.63, 3.8) is 0 Å². The summed E-state index contributed by atoms with van der Waals surface area (Å²) < 4.78 is 0. The highest BCUT2D eigenvalue weighted by Gasteiger charge is 2.35. The van der Waals surface area contributed by atoms with E-state index in [0.717, 1.165) is 11.8 Å². The summed E-state index contributed by atoms with van der Waals surface area (Å²) in [6, 6.07) is 0. The van der Waals surface area contributed by atoms with E-state index in [4.69, 9.17) is 0 Å². The molecule has 2 saturated carbocycles. The Balaban J connectivity index is 0.000000686. The highest BCUT2D eigenvalue weighted by molar-refractivity contribution is 4.86. The van der Waals surface area contributed by atoms with Crippen LogP contribution in [0, 0.1) is 17.3 Å². The lowest BCUT2D eigenvalue weighted by Gasteiger charge is -2.39. The summed E-state index contributed by atoms with van der Waals surface area (Å²) >= 11 is 0. The van der Waals surface area contributed by atoms with Crippen molar-refractivity contribution in [3.8, 4) is 0 Å². The summed E-state index contributed by atoms with van der Waals surface area (Å²) in [6.07, 6.45) is 15.1. The van der Waals surface area contributed by atoms with E-state index < -0.39 is 0 Å². The van der Waals surface area contributed by atoms with E-state index >= 15 is 0 Å². The SMILES string of the molecule is CC.CC1CCCC(C)(C2CCCCC2)CC1. The monoisotopic (exact) mass is 238 g/mol. The van der Waals surface area contributed by atoms with Gasteiger partial charge in [-0.3, -0.25) is 0 Å². The van der Waals surface area contributed by atoms with Gasteiger partial charge in [-0.1, -0.05) is 66.2 Å². The van der Waals surface area contributed by atoms with Crippen molar-refractivity contribution >= 4 is 0 Å². The Kier molecular flexibility index (Phi) is 6.59. The Morgan fingerprint density at radius 1 is 0.765 bits per heavy atom. The third kappa shape index (κ3) is 4.30. The fraction of sp³-hybridized carbons (Fsp3) is 1.00. The molecule has 2 rings (SSSR count). The van der Waals surface area contributed by atoms with E-state index in [2.05, 4.69) is 13.8 Å². The number of hydrogen-bond acceptors (Lipinski definition) is 0. The van der Waals surface area contributed by atoms with E-state index in [1.54, 1.807) is 0 Å². The minimum Gasteiger partial charge on any atom is -0.0683 e. The average Bonchev–Trinajstić information content (AvgIpc) is 2.56. The largest absolute Gasteiger partial charge is 0.0683 e. The fourth-order valence-corrected chi connectivity index (χ4v) is 3.91. The standard InChI is InChI=1S/C15H28.C2H6/c1-13-7-6-11-15(2,12-10-13)14-8-4-3-5-9-14;1-2/h13-14H,3-12H2,1-2H3;1-2H3. The number of rotatable bonds is 1. The van der Waals surface area contributed by atoms with Gasteiger partial charge in [0.15, 0.2) is 0 Å². The molecule has 2 atom stereocenters. The van der Waals surface area contributed by atoms with Crippen LogP contribution in [0.5, 0.6) is 0 Å². The summed E-state index contributed by atoms with van der Waals surface area (Å²) in [4.78, 5) is 0. The third-order valence-electron chi connectivity index (χ3n) is 5.24. The van der Waals surface area contributed by atoms with Gasteiger partial charge in [-0.25, -0.2) is 0 Å². The van der Waals surface area contributed by atoms with Crippen molar-refractivity contribution in [2.24, 2.45) is 17.3 Å². The summed E-state index contributed by atoms with van der Waals surface area (Å²) in [6.45, 7) is 9.05. The Hall–Kier alpha value is 0. The fourth-order valence-electron chi connectivity index (χ4n) is 3.91. The first kappa shape index (κ1) is 15.1. The minimum atomic E-state index is 0.713. The molecule has 0 amide bonds. The highest BCUT2D eigenvalue weighted by atomic mass is 14.4. The normalized spacial score (nSPS) is 35.6. The molecule has 0 aliphatic heterocycles. The molecule has 0 heteroatoms. The van der Waals surface area contributed by atoms with Crippen LogP contribution in [-0.4, -0.2) is 0 Å². The molecule has 0 saturated heterocycles. The minimum absolute atomic E-state index is 0.713. The van der Waals surface area contributed by atoms with E-state index in [1.165, 1.54) is 64.2 Å². The van der Waals surface area contributed by atoms with Gasteiger partial charge in [0.2, 0.25) is 0 Å². The average molecular weight is 238 g/mol. The molecule has 0 bridgehead atoms. The molecule has 0 aromatic rings. The second kappa shape index (κ2) is 7.44. The van der Waals surface area contributed by atoms with Crippen LogP contribution >= 0.6 is 0 Å². The van der Waals surface area contributed by atoms with Crippen LogP contribution in [0.25, 0.3) is 0 Å². The molecule has 2 aliphatic rings. The zero-order valence-corrected chi connectivity index (χ0v) is 12.7. The predicted molar refractivity (Wildman–Crippen MR) is 78.3 cm³/mol. The van der Waals surface area contributed by atoms with Crippen molar-refractivity contribution < 1.29 is 0 Å². The van der Waals surface area contributed by atoms with Gasteiger partial charge < -0.3 is 0 Å². The molecule has 0 aromatic carbocycles. The second-order valence-corrected chi connectivity index (χ2v) is 6.53. The van der Waals surface area contributed by atoms with Crippen molar-refractivity contribution in [2.45, 2.75) is 91.9 Å². The quantitative estimate of drug-likeness (QED) is 0.477. The van der Waals surface area contributed by atoms with Crippen LogP contribution in [0.15, 0.2) is 0 Å². The van der Waals surface area contributed by atoms with Crippen LogP contribution in [-0.2, 0) is 0 Å². The molecule has 0 heterocycles. The van der Waals surface area contributed by atoms with Crippen LogP contribution in [0.4, 0.5) is 0 Å². The maximum atomic E-state index is 2.60. The lowest BCUT2D eigenvalue weighted by molar-refractivity contribution is 0.115. The molecule has 0 aromatic heterocycles. The number of hydrogen-bond donors (Lipinski definition) is 0. The summed E-state index contributed by atoms with van der Waals surface area (Å²) in [5.41, 5.74) is 0.713. The topological polar surface area (TPSA) is 0 Å². The Bertz CT molecular complexity index is 190. The maximum absolute atomic E-state index is 2.60. The molecular weight excluding hydrogens is 204 g/mol. The molecule has 0 nitrogen and oxygen atoms in total. The van der Waals surface area contributed by atoms with E-state index in [9.17, 15) is 0 Å². The summed E-state index contributed by atoms with van der Waals surface area (Å²) in [5, 5.41) is 0. The van der Waals surface area contributed by atoms with Crippen LogP contribution in [0.2, 0.25) is 0 Å². The van der Waals surface area contributed by atoms with E-state index in [1.807, 2.05) is 13.8 Å². The lowest BCUT2D eigenvalue weighted by atomic mass is 9.66. The lowest BCUT2D eigenvalue weighted by Crippen LogP contribution is -2.28. The predicted octanol–water partition coefficient (Wildman–Crippen LogP) is 6.20. The zero-order chi connectivity index (χ0) is 12.7. The molecular formula is C17H34. The Morgan fingerprint density at radius 2 is 1.41 bits per heavy atom. The smallest absolute Gasteiger partial charge is 0.0297 e. The molecule has 2 aliphatic carbocycles. The van der Waals surface area contributed by atoms with Gasteiger partial charge in [-0.05, 0) is 42.9 Å². The van der Waals surface area contributed by atoms with Crippen molar-refractivity contribution in [1.29, 1.82) is 0 Å². The Labute approximate surface area is 110 Å². The van der Waals surface area contributed by atoms with E-state index in [-0.39, 0.29) is 0 Å². The third-order valence-corrected chi connectivity index (χ3v) is 5.24. The van der Waals surface area contributed by atoms with Gasteiger partial charge in [0, 0.05) is 0 Å². The van der Waals surface area contributed by atoms with Crippen molar-refractivity contribution in [1.82, 2.24) is 0 Å². The molecule has 0 N–H and O–H groups in total. The van der Waals surface area contributed by atoms with Gasteiger partial charge in [0.1, 0.15) is 0 Å². The zero-order valence-electron chi connectivity index (χ0n) is 12.7. The molecule has 2 unspecified atom stereocenters. The van der Waals surface area contributed by atoms with Gasteiger partial charge in [0.05, 0.1) is 0 Å². The maximum Gasteiger partial charge on any atom is -0.0297 e. The first-order valence-electron chi connectivity index (χ1n) is 8.21.